The maximum Gasteiger partial charge on any atom is 0.131 e. The Balaban J connectivity index is 2.58. The van der Waals surface area contributed by atoms with Crippen molar-refractivity contribution in [3.8, 4) is 0 Å². The van der Waals surface area contributed by atoms with Crippen molar-refractivity contribution in [1.29, 1.82) is 0 Å². The Hall–Kier alpha value is -0.780. The molecule has 21 heavy (non-hydrogen) atoms. The van der Waals surface area contributed by atoms with Crippen LogP contribution in [0, 0.1) is 18.6 Å². The van der Waals surface area contributed by atoms with Gasteiger partial charge >= 0.3 is 0 Å². The first-order valence-corrected chi connectivity index (χ1v) is 8.16. The molecule has 0 aromatic heterocycles. The van der Waals surface area contributed by atoms with Gasteiger partial charge in [-0.3, -0.25) is 0 Å². The van der Waals surface area contributed by atoms with E-state index in [0.29, 0.717) is 17.7 Å². The number of hydrogen-bond donors (Lipinski definition) is 1. The van der Waals surface area contributed by atoms with Gasteiger partial charge in [-0.25, -0.2) is 8.78 Å². The molecule has 0 aliphatic heterocycles. The molecule has 1 atom stereocenters. The molecular weight excluding hydrogens is 404 g/mol. The average molecular weight is 419 g/mol. The number of nitrogens with one attached hydrogen (secondary N) is 1. The lowest BCUT2D eigenvalue weighted by Gasteiger charge is -2.22. The monoisotopic (exact) mass is 417 g/mol. The van der Waals surface area contributed by atoms with E-state index in [0.717, 1.165) is 20.6 Å². The minimum atomic E-state index is -0.545. The Morgan fingerprint density at radius 2 is 1.76 bits per heavy atom. The summed E-state index contributed by atoms with van der Waals surface area (Å²) >= 11 is 6.93. The summed E-state index contributed by atoms with van der Waals surface area (Å²) in [4.78, 5) is 0. The SMILES string of the molecule is CCNC(c1cc(C)c(F)cc1F)c1cc(Br)ccc1Br. The number of hydrogen-bond acceptors (Lipinski definition) is 1. The Morgan fingerprint density at radius 3 is 2.43 bits per heavy atom. The Morgan fingerprint density at radius 1 is 1.05 bits per heavy atom. The number of rotatable bonds is 4. The minimum Gasteiger partial charge on any atom is -0.306 e. The average Bonchev–Trinajstić information content (AvgIpc) is 2.43. The summed E-state index contributed by atoms with van der Waals surface area (Å²) in [5, 5.41) is 3.26. The highest BCUT2D eigenvalue weighted by Gasteiger charge is 2.21. The smallest absolute Gasteiger partial charge is 0.131 e. The first-order chi connectivity index (χ1) is 9.93. The predicted octanol–water partition coefficient (Wildman–Crippen LogP) is 5.50. The predicted molar refractivity (Wildman–Crippen MR) is 88.5 cm³/mol. The fraction of sp³-hybridized carbons (Fsp3) is 0.250. The normalized spacial score (nSPS) is 12.5. The van der Waals surface area contributed by atoms with Crippen LogP contribution in [0.1, 0.15) is 29.7 Å². The van der Waals surface area contributed by atoms with Gasteiger partial charge in [0.05, 0.1) is 6.04 Å². The molecule has 0 aliphatic carbocycles. The largest absolute Gasteiger partial charge is 0.306 e. The summed E-state index contributed by atoms with van der Waals surface area (Å²) in [6.07, 6.45) is 0. The van der Waals surface area contributed by atoms with Gasteiger partial charge in [-0.15, -0.1) is 0 Å². The van der Waals surface area contributed by atoms with Crippen molar-refractivity contribution in [2.75, 3.05) is 6.54 Å². The molecule has 1 nitrogen and oxygen atoms in total. The van der Waals surface area contributed by atoms with Gasteiger partial charge < -0.3 is 5.32 Å². The van der Waals surface area contributed by atoms with Crippen LogP contribution >= 0.6 is 31.9 Å². The standard InChI is InChI=1S/C16H15Br2F2N/c1-3-21-16(11-7-10(17)4-5-13(11)18)12-6-9(2)14(19)8-15(12)20/h4-8,16,21H,3H2,1-2H3. The Kier molecular flexibility index (Phi) is 5.52. The van der Waals surface area contributed by atoms with Crippen LogP contribution in [0.15, 0.2) is 39.3 Å². The van der Waals surface area contributed by atoms with E-state index < -0.39 is 11.6 Å². The number of aryl methyl sites for hydroxylation is 1. The lowest BCUT2D eigenvalue weighted by atomic mass is 9.96. The molecule has 0 heterocycles. The van der Waals surface area contributed by atoms with Crippen molar-refractivity contribution in [2.45, 2.75) is 19.9 Å². The van der Waals surface area contributed by atoms with Crippen molar-refractivity contribution in [3.05, 3.63) is 67.6 Å². The summed E-state index contributed by atoms with van der Waals surface area (Å²) < 4.78 is 29.5. The second-order valence-electron chi connectivity index (χ2n) is 4.78. The van der Waals surface area contributed by atoms with Crippen LogP contribution in [0.3, 0.4) is 0 Å². The second kappa shape index (κ2) is 6.99. The number of benzene rings is 2. The third kappa shape index (κ3) is 3.71. The number of halogens is 4. The molecule has 0 saturated heterocycles. The van der Waals surface area contributed by atoms with Gasteiger partial charge in [0.25, 0.3) is 0 Å². The van der Waals surface area contributed by atoms with E-state index in [-0.39, 0.29) is 6.04 Å². The zero-order chi connectivity index (χ0) is 15.6. The van der Waals surface area contributed by atoms with Crippen LogP contribution in [0.2, 0.25) is 0 Å². The molecule has 2 rings (SSSR count). The maximum atomic E-state index is 14.2. The zero-order valence-electron chi connectivity index (χ0n) is 11.7. The molecule has 0 aliphatic rings. The molecule has 1 unspecified atom stereocenters. The molecule has 0 saturated carbocycles. The summed E-state index contributed by atoms with van der Waals surface area (Å²) in [6.45, 7) is 4.25. The van der Waals surface area contributed by atoms with Crippen LogP contribution in [0.5, 0.6) is 0 Å². The first kappa shape index (κ1) is 16.6. The first-order valence-electron chi connectivity index (χ1n) is 6.58. The van der Waals surface area contributed by atoms with Gasteiger partial charge in [0.1, 0.15) is 11.6 Å². The third-order valence-electron chi connectivity index (χ3n) is 3.27. The van der Waals surface area contributed by atoms with Crippen LogP contribution in [-0.2, 0) is 0 Å². The lowest BCUT2D eigenvalue weighted by Crippen LogP contribution is -2.23. The molecular formula is C16H15Br2F2N. The Labute approximate surface area is 140 Å². The topological polar surface area (TPSA) is 12.0 Å². The van der Waals surface area contributed by atoms with Crippen molar-refractivity contribution in [1.82, 2.24) is 5.32 Å². The molecule has 0 amide bonds. The summed E-state index contributed by atoms with van der Waals surface area (Å²) in [6, 6.07) is 7.89. The lowest BCUT2D eigenvalue weighted by molar-refractivity contribution is 0.537. The fourth-order valence-corrected chi connectivity index (χ4v) is 3.08. The highest BCUT2D eigenvalue weighted by Crippen LogP contribution is 2.33. The molecule has 1 N–H and O–H groups in total. The molecule has 0 bridgehead atoms. The summed E-state index contributed by atoms with van der Waals surface area (Å²) in [5.41, 5.74) is 1.77. The highest BCUT2D eigenvalue weighted by molar-refractivity contribution is 9.11. The maximum absolute atomic E-state index is 14.2. The van der Waals surface area contributed by atoms with E-state index in [1.165, 1.54) is 0 Å². The van der Waals surface area contributed by atoms with Gasteiger partial charge in [-0.2, -0.15) is 0 Å². The summed E-state index contributed by atoms with van der Waals surface area (Å²) in [7, 11) is 0. The molecule has 0 radical (unpaired) electrons. The van der Waals surface area contributed by atoms with Gasteiger partial charge in [0, 0.05) is 20.6 Å². The van der Waals surface area contributed by atoms with E-state index >= 15 is 0 Å². The van der Waals surface area contributed by atoms with Crippen LogP contribution in [-0.4, -0.2) is 6.54 Å². The van der Waals surface area contributed by atoms with E-state index in [9.17, 15) is 8.78 Å². The van der Waals surface area contributed by atoms with Gasteiger partial charge in [-0.05, 0) is 48.9 Å². The van der Waals surface area contributed by atoms with Crippen molar-refractivity contribution in [3.63, 3.8) is 0 Å². The van der Waals surface area contributed by atoms with Gasteiger partial charge in [-0.1, -0.05) is 38.8 Å². The molecule has 112 valence electrons. The third-order valence-corrected chi connectivity index (χ3v) is 4.48. The van der Waals surface area contributed by atoms with Crippen LogP contribution in [0.4, 0.5) is 8.78 Å². The van der Waals surface area contributed by atoms with Crippen molar-refractivity contribution < 1.29 is 8.78 Å². The van der Waals surface area contributed by atoms with E-state index in [2.05, 4.69) is 37.2 Å². The van der Waals surface area contributed by atoms with E-state index in [4.69, 9.17) is 0 Å². The molecule has 2 aromatic carbocycles. The van der Waals surface area contributed by atoms with Crippen molar-refractivity contribution in [2.24, 2.45) is 0 Å². The van der Waals surface area contributed by atoms with E-state index in [1.54, 1.807) is 13.0 Å². The molecule has 5 heteroatoms. The highest BCUT2D eigenvalue weighted by atomic mass is 79.9. The van der Waals surface area contributed by atoms with Gasteiger partial charge in [0.2, 0.25) is 0 Å². The summed E-state index contributed by atoms with van der Waals surface area (Å²) in [5.74, 6) is -1.07. The molecule has 0 fully saturated rings. The minimum absolute atomic E-state index is 0.346. The molecule has 2 aromatic rings. The van der Waals surface area contributed by atoms with Crippen LogP contribution < -0.4 is 5.32 Å². The molecule has 0 spiro atoms. The van der Waals surface area contributed by atoms with Crippen LogP contribution in [0.25, 0.3) is 0 Å². The quantitative estimate of drug-likeness (QED) is 0.691. The fourth-order valence-electron chi connectivity index (χ4n) is 2.23. The van der Waals surface area contributed by atoms with E-state index in [1.807, 2.05) is 25.1 Å². The second-order valence-corrected chi connectivity index (χ2v) is 6.55. The zero-order valence-corrected chi connectivity index (χ0v) is 14.9. The van der Waals surface area contributed by atoms with Crippen molar-refractivity contribution >= 4 is 31.9 Å². The Bertz CT molecular complexity index is 659. The van der Waals surface area contributed by atoms with Gasteiger partial charge in [0.15, 0.2) is 0 Å².